The zero-order chi connectivity index (χ0) is 33.4. The fraction of sp³-hybridized carbons (Fsp3) is 0. The van der Waals surface area contributed by atoms with Crippen molar-refractivity contribution < 1.29 is 0 Å². The number of benzene rings is 8. The summed E-state index contributed by atoms with van der Waals surface area (Å²) in [6.07, 6.45) is 0. The number of anilines is 3. The van der Waals surface area contributed by atoms with E-state index in [-0.39, 0.29) is 0 Å². The van der Waals surface area contributed by atoms with E-state index in [4.69, 9.17) is 0 Å². The Labute approximate surface area is 301 Å². The summed E-state index contributed by atoms with van der Waals surface area (Å²) in [4.78, 5) is 2.46. The topological polar surface area (TPSA) is 3.24 Å². The first-order valence-corrected chi connectivity index (χ1v) is 17.8. The Kier molecular flexibility index (Phi) is 7.72. The molecule has 1 aliphatic carbocycles. The van der Waals surface area contributed by atoms with E-state index in [9.17, 15) is 0 Å². The van der Waals surface area contributed by atoms with Crippen molar-refractivity contribution in [3.05, 3.63) is 199 Å². The van der Waals surface area contributed by atoms with Crippen LogP contribution in [-0.4, -0.2) is 0 Å². The van der Waals surface area contributed by atoms with Crippen LogP contribution in [0, 0.1) is 0 Å². The van der Waals surface area contributed by atoms with E-state index in [1.807, 2.05) is 0 Å². The van der Waals surface area contributed by atoms with Crippen molar-refractivity contribution in [1.29, 1.82) is 0 Å². The third-order valence-electron chi connectivity index (χ3n) is 9.74. The maximum Gasteiger partial charge on any atom is 0.0546 e. The quantitative estimate of drug-likeness (QED) is 0.173. The summed E-state index contributed by atoms with van der Waals surface area (Å²) in [5.74, 6) is 0. The van der Waals surface area contributed by atoms with E-state index >= 15 is 0 Å². The highest BCUT2D eigenvalue weighted by atomic mass is 79.9. The molecule has 0 N–H and O–H groups in total. The smallest absolute Gasteiger partial charge is 0.0546 e. The predicted octanol–water partition coefficient (Wildman–Crippen LogP) is 14.2. The van der Waals surface area contributed by atoms with Gasteiger partial charge in [0, 0.05) is 21.3 Å². The van der Waals surface area contributed by atoms with Gasteiger partial charge < -0.3 is 4.90 Å². The van der Waals surface area contributed by atoms with Gasteiger partial charge in [-0.2, -0.15) is 0 Å². The molecule has 0 amide bonds. The third kappa shape index (κ3) is 5.26. The van der Waals surface area contributed by atoms with Crippen molar-refractivity contribution in [2.45, 2.75) is 0 Å². The summed E-state index contributed by atoms with van der Waals surface area (Å²) < 4.78 is 1.08. The molecule has 0 unspecified atom stereocenters. The molecule has 0 fully saturated rings. The summed E-state index contributed by atoms with van der Waals surface area (Å²) in [5.41, 5.74) is 17.9. The van der Waals surface area contributed by atoms with Crippen molar-refractivity contribution in [2.75, 3.05) is 4.90 Å². The highest BCUT2D eigenvalue weighted by molar-refractivity contribution is 9.10. The Balaban J connectivity index is 1.35. The molecule has 9 rings (SSSR count). The predicted molar refractivity (Wildman–Crippen MR) is 215 cm³/mol. The average Bonchev–Trinajstić information content (AvgIpc) is 3.19. The zero-order valence-electron chi connectivity index (χ0n) is 27.3. The van der Waals surface area contributed by atoms with E-state index < -0.39 is 0 Å². The Bertz CT molecular complexity index is 2470. The highest BCUT2D eigenvalue weighted by Crippen LogP contribution is 2.53. The molecule has 0 bridgehead atoms. The molecule has 0 heterocycles. The van der Waals surface area contributed by atoms with Crippen LogP contribution in [0.2, 0.25) is 0 Å². The van der Waals surface area contributed by atoms with Crippen LogP contribution in [-0.2, 0) is 0 Å². The summed E-state index contributed by atoms with van der Waals surface area (Å²) >= 11 is 3.59. The third-order valence-corrected chi connectivity index (χ3v) is 10.3. The molecule has 1 aliphatic rings. The Hall–Kier alpha value is -5.96. The highest BCUT2D eigenvalue weighted by Gasteiger charge is 2.27. The lowest BCUT2D eigenvalue weighted by molar-refractivity contribution is 1.28. The average molecular weight is 703 g/mol. The van der Waals surface area contributed by atoms with E-state index in [0.717, 1.165) is 21.5 Å². The van der Waals surface area contributed by atoms with Crippen LogP contribution < -0.4 is 4.90 Å². The normalized spacial score (nSPS) is 11.3. The molecule has 0 aliphatic heterocycles. The first kappa shape index (κ1) is 30.1. The summed E-state index contributed by atoms with van der Waals surface area (Å²) in [5, 5.41) is 0. The van der Waals surface area contributed by atoms with Crippen LogP contribution in [0.15, 0.2) is 199 Å². The number of para-hydroxylation sites is 1. The minimum atomic E-state index is 1.08. The van der Waals surface area contributed by atoms with Crippen molar-refractivity contribution in [3.8, 4) is 66.8 Å². The van der Waals surface area contributed by atoms with E-state index in [2.05, 4.69) is 215 Å². The SMILES string of the molecule is Brc1ccc(-c2ccc(N(c3ccccc3-c3ccccc3)c3cccc4c3-c3ccccc3-c3ccccc3-c3ccccc3-4)cc2)cc1. The lowest BCUT2D eigenvalue weighted by Gasteiger charge is -2.32. The van der Waals surface area contributed by atoms with Gasteiger partial charge in [-0.05, 0) is 92.0 Å². The van der Waals surface area contributed by atoms with Gasteiger partial charge in [-0.25, -0.2) is 0 Å². The summed E-state index contributed by atoms with van der Waals surface area (Å²) in [6, 6.07) is 70.4. The van der Waals surface area contributed by atoms with Crippen molar-refractivity contribution in [1.82, 2.24) is 0 Å². The molecule has 1 nitrogen and oxygen atoms in total. The second-order valence-electron chi connectivity index (χ2n) is 12.6. The first-order valence-electron chi connectivity index (χ1n) is 17.0. The molecule has 2 heteroatoms. The number of fused-ring (bicyclic) bond motifs is 8. The number of rotatable bonds is 5. The molecule has 0 spiro atoms. The molecular formula is C48H32BrN. The van der Waals surface area contributed by atoms with Gasteiger partial charge in [0.15, 0.2) is 0 Å². The second-order valence-corrected chi connectivity index (χ2v) is 13.5. The molecule has 0 atom stereocenters. The van der Waals surface area contributed by atoms with E-state index in [1.165, 1.54) is 66.8 Å². The maximum absolute atomic E-state index is 3.59. The lowest BCUT2D eigenvalue weighted by Crippen LogP contribution is -2.13. The van der Waals surface area contributed by atoms with Crippen molar-refractivity contribution in [2.24, 2.45) is 0 Å². The molecule has 0 radical (unpaired) electrons. The molecule has 236 valence electrons. The van der Waals surface area contributed by atoms with E-state index in [0.29, 0.717) is 0 Å². The minimum absolute atomic E-state index is 1.08. The van der Waals surface area contributed by atoms with Crippen LogP contribution in [0.25, 0.3) is 66.8 Å². The van der Waals surface area contributed by atoms with Crippen molar-refractivity contribution in [3.63, 3.8) is 0 Å². The van der Waals surface area contributed by atoms with Crippen LogP contribution >= 0.6 is 15.9 Å². The maximum atomic E-state index is 3.59. The second kappa shape index (κ2) is 12.8. The van der Waals surface area contributed by atoms with Gasteiger partial charge in [0.1, 0.15) is 0 Å². The lowest BCUT2D eigenvalue weighted by atomic mass is 9.80. The Morgan fingerprint density at radius 1 is 0.280 bits per heavy atom. The van der Waals surface area contributed by atoms with Gasteiger partial charge in [0.2, 0.25) is 0 Å². The van der Waals surface area contributed by atoms with Gasteiger partial charge in [0.25, 0.3) is 0 Å². The summed E-state index contributed by atoms with van der Waals surface area (Å²) in [7, 11) is 0. The molecule has 0 aromatic heterocycles. The van der Waals surface area contributed by atoms with Gasteiger partial charge >= 0.3 is 0 Å². The molecule has 8 aromatic rings. The largest absolute Gasteiger partial charge is 0.309 e. The van der Waals surface area contributed by atoms with Crippen LogP contribution in [0.3, 0.4) is 0 Å². The van der Waals surface area contributed by atoms with Gasteiger partial charge in [-0.1, -0.05) is 174 Å². The standard InChI is InChI=1S/C48H32BrN/c49-36-29-25-33(26-30-36)34-27-31-37(32-28-34)50(46-23-11-10-15-38(46)35-13-2-1-3-14-35)47-24-12-22-45-43-19-7-6-18-41(43)39-16-4-5-17-40(39)42-20-8-9-21-44(42)48(45)47/h1-32H. The molecule has 0 saturated heterocycles. The minimum Gasteiger partial charge on any atom is -0.309 e. The van der Waals surface area contributed by atoms with Gasteiger partial charge in [0.05, 0.1) is 11.4 Å². The Morgan fingerprint density at radius 2 is 0.700 bits per heavy atom. The van der Waals surface area contributed by atoms with E-state index in [1.54, 1.807) is 0 Å². The van der Waals surface area contributed by atoms with Crippen LogP contribution in [0.4, 0.5) is 17.1 Å². The fourth-order valence-corrected chi connectivity index (χ4v) is 7.72. The van der Waals surface area contributed by atoms with Crippen LogP contribution in [0.5, 0.6) is 0 Å². The van der Waals surface area contributed by atoms with Crippen molar-refractivity contribution >= 4 is 33.0 Å². The number of hydrogen-bond donors (Lipinski definition) is 0. The summed E-state index contributed by atoms with van der Waals surface area (Å²) in [6.45, 7) is 0. The Morgan fingerprint density at radius 3 is 1.30 bits per heavy atom. The molecule has 0 saturated carbocycles. The number of halogens is 1. The number of nitrogens with zero attached hydrogens (tertiary/aromatic N) is 1. The fourth-order valence-electron chi connectivity index (χ4n) is 7.46. The molecule has 50 heavy (non-hydrogen) atoms. The molecule has 8 aromatic carbocycles. The molecular weight excluding hydrogens is 670 g/mol. The van der Waals surface area contributed by atoms with Gasteiger partial charge in [-0.15, -0.1) is 0 Å². The zero-order valence-corrected chi connectivity index (χ0v) is 28.9. The number of hydrogen-bond acceptors (Lipinski definition) is 1. The first-order chi connectivity index (χ1) is 24.7. The monoisotopic (exact) mass is 701 g/mol. The van der Waals surface area contributed by atoms with Gasteiger partial charge in [-0.3, -0.25) is 0 Å². The van der Waals surface area contributed by atoms with Crippen LogP contribution in [0.1, 0.15) is 0 Å².